The molecular formula is C21H24N4O3S. The number of amides is 2. The van der Waals surface area contributed by atoms with Crippen LogP contribution >= 0.6 is 11.3 Å². The third kappa shape index (κ3) is 6.43. The van der Waals surface area contributed by atoms with Gasteiger partial charge in [0, 0.05) is 36.3 Å². The van der Waals surface area contributed by atoms with Crippen molar-refractivity contribution in [3.8, 4) is 6.07 Å². The number of hydrogen-bond acceptors (Lipinski definition) is 6. The lowest BCUT2D eigenvalue weighted by atomic mass is 9.94. The van der Waals surface area contributed by atoms with E-state index in [4.69, 9.17) is 4.74 Å². The predicted octanol–water partition coefficient (Wildman–Crippen LogP) is 3.88. The van der Waals surface area contributed by atoms with Crippen LogP contribution in [0.2, 0.25) is 0 Å². The Morgan fingerprint density at radius 2 is 2.24 bits per heavy atom. The second-order valence-electron chi connectivity index (χ2n) is 6.37. The number of nitrogens with zero attached hydrogens (tertiary/aromatic N) is 2. The number of ether oxygens (including phenoxy) is 1. The second-order valence-corrected chi connectivity index (χ2v) is 7.48. The first-order valence-electron chi connectivity index (χ1n) is 9.29. The fraction of sp³-hybridized carbons (Fsp3) is 0.333. The molecule has 0 saturated heterocycles. The lowest BCUT2D eigenvalue weighted by Gasteiger charge is -2.22. The summed E-state index contributed by atoms with van der Waals surface area (Å²) in [7, 11) is 0. The van der Waals surface area contributed by atoms with Crippen LogP contribution in [0.1, 0.15) is 35.8 Å². The van der Waals surface area contributed by atoms with Crippen LogP contribution in [0, 0.1) is 11.3 Å². The molecule has 1 aromatic heterocycles. The van der Waals surface area contributed by atoms with Crippen molar-refractivity contribution in [2.45, 2.75) is 38.7 Å². The number of fused-ring (bicyclic) bond motifs is 1. The molecule has 29 heavy (non-hydrogen) atoms. The van der Waals surface area contributed by atoms with Gasteiger partial charge in [-0.05, 0) is 36.5 Å². The number of allylic oxidation sites excluding steroid dienone is 2. The van der Waals surface area contributed by atoms with Crippen LogP contribution in [0.4, 0.5) is 9.80 Å². The molecule has 1 aliphatic rings. The maximum absolute atomic E-state index is 12.2. The maximum atomic E-state index is 12.2. The minimum atomic E-state index is -0.420. The van der Waals surface area contributed by atoms with Gasteiger partial charge in [0.1, 0.15) is 17.2 Å². The van der Waals surface area contributed by atoms with Crippen LogP contribution < -0.4 is 10.6 Å². The van der Waals surface area contributed by atoms with Crippen LogP contribution in [-0.4, -0.2) is 30.9 Å². The first-order chi connectivity index (χ1) is 14.0. The van der Waals surface area contributed by atoms with Crippen molar-refractivity contribution in [1.29, 1.82) is 5.26 Å². The van der Waals surface area contributed by atoms with Crippen molar-refractivity contribution in [3.05, 3.63) is 53.1 Å². The van der Waals surface area contributed by atoms with Gasteiger partial charge < -0.3 is 15.4 Å². The van der Waals surface area contributed by atoms with Crippen LogP contribution in [0.25, 0.3) is 0 Å². The number of thiophene rings is 1. The number of nitriles is 1. The summed E-state index contributed by atoms with van der Waals surface area (Å²) < 4.78 is 5.46. The Morgan fingerprint density at radius 1 is 1.45 bits per heavy atom. The zero-order valence-electron chi connectivity index (χ0n) is 16.4. The quantitative estimate of drug-likeness (QED) is 0.384. The first-order valence-corrected chi connectivity index (χ1v) is 10.1. The van der Waals surface area contributed by atoms with E-state index >= 15 is 0 Å². The third-order valence-electron chi connectivity index (χ3n) is 4.16. The summed E-state index contributed by atoms with van der Waals surface area (Å²) >= 11 is 1.35. The zero-order valence-corrected chi connectivity index (χ0v) is 17.2. The van der Waals surface area contributed by atoms with Crippen LogP contribution in [0.5, 0.6) is 0 Å². The van der Waals surface area contributed by atoms with Crippen molar-refractivity contribution in [3.63, 3.8) is 0 Å². The van der Waals surface area contributed by atoms with Gasteiger partial charge in [0.25, 0.3) is 0 Å². The molecule has 1 heterocycles. The average Bonchev–Trinajstić information content (AvgIpc) is 3.05. The van der Waals surface area contributed by atoms with Crippen molar-refractivity contribution in [1.82, 2.24) is 5.32 Å². The molecule has 0 fully saturated rings. The Kier molecular flexibility index (Phi) is 8.37. The lowest BCUT2D eigenvalue weighted by Crippen LogP contribution is -2.32. The molecule has 0 aromatic carbocycles. The SMILES string of the molecule is C=CN=CC(=C)/C=C/C(=O)Nc1sc2c(c1C#N)CCC(OC(=O)NCCC)C2. The number of nitrogens with one attached hydrogen (secondary N) is 2. The molecule has 152 valence electrons. The normalized spacial score (nSPS) is 15.5. The van der Waals surface area contributed by atoms with Gasteiger partial charge in [-0.15, -0.1) is 11.3 Å². The zero-order chi connectivity index (χ0) is 21.2. The van der Waals surface area contributed by atoms with E-state index in [1.54, 1.807) is 0 Å². The molecule has 1 aromatic rings. The highest BCUT2D eigenvalue weighted by molar-refractivity contribution is 7.16. The molecule has 1 atom stereocenters. The van der Waals surface area contributed by atoms with E-state index in [1.165, 1.54) is 35.9 Å². The average molecular weight is 413 g/mol. The molecule has 2 amide bonds. The van der Waals surface area contributed by atoms with E-state index in [0.717, 1.165) is 16.9 Å². The molecular weight excluding hydrogens is 388 g/mol. The summed E-state index contributed by atoms with van der Waals surface area (Å²) in [5, 5.41) is 15.5. The van der Waals surface area contributed by atoms with Crippen molar-refractivity contribution < 1.29 is 14.3 Å². The van der Waals surface area contributed by atoms with E-state index in [1.807, 2.05) is 6.92 Å². The molecule has 7 nitrogen and oxygen atoms in total. The molecule has 0 aliphatic heterocycles. The topological polar surface area (TPSA) is 104 Å². The Hall–Kier alpha value is -3.18. The van der Waals surface area contributed by atoms with E-state index in [2.05, 4.69) is 34.9 Å². The third-order valence-corrected chi connectivity index (χ3v) is 5.33. The summed E-state index contributed by atoms with van der Waals surface area (Å²) in [6, 6.07) is 2.19. The standard InChI is InChI=1S/C21H24N4O3S/c1-4-10-24-21(27)28-15-7-8-16-17(12-22)20(29-18(16)11-15)25-19(26)9-6-14(3)13-23-5-2/h5-6,9,13,15H,2-4,7-8,10-11H2,1H3,(H,24,27)(H,25,26)/b9-6+,23-13?. The number of anilines is 1. The summed E-state index contributed by atoms with van der Waals surface area (Å²) in [4.78, 5) is 28.8. The van der Waals surface area contributed by atoms with Gasteiger partial charge in [0.15, 0.2) is 0 Å². The molecule has 1 aliphatic carbocycles. The first kappa shape index (κ1) is 22.1. The van der Waals surface area contributed by atoms with Gasteiger partial charge in [0.2, 0.25) is 5.91 Å². The highest BCUT2D eigenvalue weighted by Crippen LogP contribution is 2.38. The van der Waals surface area contributed by atoms with Gasteiger partial charge >= 0.3 is 6.09 Å². The molecule has 8 heteroatoms. The van der Waals surface area contributed by atoms with Gasteiger partial charge in [-0.1, -0.05) is 20.1 Å². The Labute approximate surface area is 174 Å². The number of carbonyl (C=O) groups is 2. The van der Waals surface area contributed by atoms with Crippen molar-refractivity contribution in [2.24, 2.45) is 4.99 Å². The summed E-state index contributed by atoms with van der Waals surface area (Å²) in [6.07, 6.45) is 7.71. The largest absolute Gasteiger partial charge is 0.446 e. The minimum absolute atomic E-state index is 0.236. The number of carbonyl (C=O) groups excluding carboxylic acids is 2. The second kappa shape index (κ2) is 11.0. The van der Waals surface area contributed by atoms with Crippen molar-refractivity contribution in [2.75, 3.05) is 11.9 Å². The molecule has 0 bridgehead atoms. The molecule has 0 saturated carbocycles. The van der Waals surface area contributed by atoms with E-state index in [9.17, 15) is 14.9 Å². The number of rotatable bonds is 8. The van der Waals surface area contributed by atoms with E-state index < -0.39 is 6.09 Å². The van der Waals surface area contributed by atoms with E-state index in [0.29, 0.717) is 41.9 Å². The van der Waals surface area contributed by atoms with Crippen LogP contribution in [-0.2, 0) is 22.4 Å². The highest BCUT2D eigenvalue weighted by atomic mass is 32.1. The molecule has 0 radical (unpaired) electrons. The van der Waals surface area contributed by atoms with Crippen LogP contribution in [0.3, 0.4) is 0 Å². The predicted molar refractivity (Wildman–Crippen MR) is 115 cm³/mol. The summed E-state index contributed by atoms with van der Waals surface area (Å²) in [5.41, 5.74) is 1.95. The van der Waals surface area contributed by atoms with Gasteiger partial charge in [-0.2, -0.15) is 5.26 Å². The Morgan fingerprint density at radius 3 is 2.93 bits per heavy atom. The van der Waals surface area contributed by atoms with Crippen molar-refractivity contribution >= 4 is 34.6 Å². The maximum Gasteiger partial charge on any atom is 0.407 e. The Balaban J connectivity index is 2.04. The molecule has 0 spiro atoms. The highest BCUT2D eigenvalue weighted by Gasteiger charge is 2.28. The fourth-order valence-corrected chi connectivity index (χ4v) is 4.08. The number of aliphatic imine (C=N–C) groups is 1. The van der Waals surface area contributed by atoms with Gasteiger partial charge in [0.05, 0.1) is 5.56 Å². The van der Waals surface area contributed by atoms with Crippen LogP contribution in [0.15, 0.2) is 42.1 Å². The monoisotopic (exact) mass is 412 g/mol. The van der Waals surface area contributed by atoms with Gasteiger partial charge in [-0.3, -0.25) is 9.79 Å². The molecule has 1 unspecified atom stereocenters. The van der Waals surface area contributed by atoms with Gasteiger partial charge in [-0.25, -0.2) is 4.79 Å². The Bertz CT molecular complexity index is 892. The molecule has 2 rings (SSSR count). The minimum Gasteiger partial charge on any atom is -0.446 e. The summed E-state index contributed by atoms with van der Waals surface area (Å²) in [5.74, 6) is -0.361. The smallest absolute Gasteiger partial charge is 0.407 e. The van der Waals surface area contributed by atoms with E-state index in [-0.39, 0.29) is 12.0 Å². The number of hydrogen-bond donors (Lipinski definition) is 2. The molecule has 2 N–H and O–H groups in total. The number of alkyl carbamates (subject to hydrolysis) is 1. The summed E-state index contributed by atoms with van der Waals surface area (Å²) in [6.45, 7) is 9.76. The lowest BCUT2D eigenvalue weighted by molar-refractivity contribution is -0.111. The fourth-order valence-electron chi connectivity index (χ4n) is 2.81.